The van der Waals surface area contributed by atoms with Crippen LogP contribution in [0.5, 0.6) is 0 Å². The van der Waals surface area contributed by atoms with Crippen LogP contribution in [0.4, 0.5) is 0 Å². The summed E-state index contributed by atoms with van der Waals surface area (Å²) in [6.07, 6.45) is 1.49. The number of hydrogen-bond acceptors (Lipinski definition) is 4. The molecule has 8 heteroatoms. The number of unbranched alkanes of at least 4 members (excludes halogenated alkanes) is 1. The molecule has 0 radical (unpaired) electrons. The van der Waals surface area contributed by atoms with Crippen LogP contribution in [0.25, 0.3) is 10.9 Å². The van der Waals surface area contributed by atoms with E-state index < -0.39 is 15.7 Å². The summed E-state index contributed by atoms with van der Waals surface area (Å²) in [5.74, 6) is -0.475. The number of nitrogens with two attached hydrogens (primary N) is 1. The van der Waals surface area contributed by atoms with Crippen LogP contribution < -0.4 is 11.1 Å². The third-order valence-corrected chi connectivity index (χ3v) is 6.68. The van der Waals surface area contributed by atoms with Gasteiger partial charge in [-0.3, -0.25) is 4.79 Å². The van der Waals surface area contributed by atoms with Crippen molar-refractivity contribution in [2.45, 2.75) is 36.5 Å². The maximum absolute atomic E-state index is 13.6. The Morgan fingerprint density at radius 3 is 2.45 bits per heavy atom. The number of amides is 1. The van der Waals surface area contributed by atoms with E-state index in [0.29, 0.717) is 35.4 Å². The van der Waals surface area contributed by atoms with Gasteiger partial charge >= 0.3 is 0 Å². The van der Waals surface area contributed by atoms with E-state index in [1.54, 1.807) is 30.3 Å². The van der Waals surface area contributed by atoms with Crippen molar-refractivity contribution in [3.8, 4) is 0 Å². The molecule has 1 aromatic heterocycles. The molecule has 0 saturated carbocycles. The summed E-state index contributed by atoms with van der Waals surface area (Å²) in [5, 5.41) is 3.56. The zero-order chi connectivity index (χ0) is 21.2. The Morgan fingerprint density at radius 1 is 1.10 bits per heavy atom. The fourth-order valence-electron chi connectivity index (χ4n) is 3.34. The van der Waals surface area contributed by atoms with Crippen LogP contribution in [0.1, 0.15) is 34.5 Å². The first-order valence-corrected chi connectivity index (χ1v) is 11.2. The average molecular weight is 434 g/mol. The number of fused-ring (bicyclic) bond motifs is 1. The molecule has 0 atom stereocenters. The molecule has 3 rings (SSSR count). The number of carbonyl (C=O) groups excluding carboxylic acids is 1. The van der Waals surface area contributed by atoms with Gasteiger partial charge in [0.05, 0.1) is 4.90 Å². The smallest absolute Gasteiger partial charge is 0.269 e. The second kappa shape index (κ2) is 8.57. The van der Waals surface area contributed by atoms with Crippen molar-refractivity contribution >= 4 is 38.2 Å². The quantitative estimate of drug-likeness (QED) is 0.493. The second-order valence-corrected chi connectivity index (χ2v) is 9.42. The van der Waals surface area contributed by atoms with Crippen LogP contribution in [-0.2, 0) is 9.84 Å². The summed E-state index contributed by atoms with van der Waals surface area (Å²) in [4.78, 5) is 15.9. The molecular weight excluding hydrogens is 410 g/mol. The zero-order valence-corrected chi connectivity index (χ0v) is 18.0. The van der Waals surface area contributed by atoms with Crippen molar-refractivity contribution in [1.29, 1.82) is 0 Å². The third kappa shape index (κ3) is 4.47. The van der Waals surface area contributed by atoms with Gasteiger partial charge in [-0.25, -0.2) is 8.42 Å². The summed E-state index contributed by atoms with van der Waals surface area (Å²) < 4.78 is 27.1. The van der Waals surface area contributed by atoms with E-state index in [-0.39, 0.29) is 15.5 Å². The first kappa shape index (κ1) is 21.4. The fourth-order valence-corrected chi connectivity index (χ4v) is 5.30. The molecule has 0 spiro atoms. The van der Waals surface area contributed by atoms with Crippen molar-refractivity contribution in [2.24, 2.45) is 5.73 Å². The van der Waals surface area contributed by atoms with Crippen molar-refractivity contribution in [1.82, 2.24) is 10.3 Å². The maximum atomic E-state index is 13.6. The number of hydrogen-bond donors (Lipinski definition) is 3. The number of H-pyrrole nitrogens is 1. The van der Waals surface area contributed by atoms with Crippen LogP contribution in [0, 0.1) is 13.8 Å². The van der Waals surface area contributed by atoms with Gasteiger partial charge in [-0.1, -0.05) is 17.7 Å². The van der Waals surface area contributed by atoms with E-state index in [4.69, 9.17) is 17.3 Å². The lowest BCUT2D eigenvalue weighted by molar-refractivity contribution is 0.0945. The summed E-state index contributed by atoms with van der Waals surface area (Å²) in [6.45, 7) is 4.62. The SMILES string of the molecule is Cc1cc(C)cc(S(=O)(=O)c2c(C(=O)NCCCCN)[nH]c3ccc(Cl)cc23)c1. The molecule has 0 unspecified atom stereocenters. The van der Waals surface area contributed by atoms with Crippen molar-refractivity contribution in [3.63, 3.8) is 0 Å². The molecule has 0 fully saturated rings. The minimum Gasteiger partial charge on any atom is -0.351 e. The number of aromatic nitrogens is 1. The van der Waals surface area contributed by atoms with E-state index in [2.05, 4.69) is 10.3 Å². The highest BCUT2D eigenvalue weighted by atomic mass is 35.5. The number of nitrogens with one attached hydrogen (secondary N) is 2. The molecule has 2 aromatic carbocycles. The highest BCUT2D eigenvalue weighted by molar-refractivity contribution is 7.91. The number of benzene rings is 2. The third-order valence-electron chi connectivity index (χ3n) is 4.63. The fraction of sp³-hybridized carbons (Fsp3) is 0.286. The topological polar surface area (TPSA) is 105 Å². The molecule has 4 N–H and O–H groups in total. The number of aryl methyl sites for hydroxylation is 2. The van der Waals surface area contributed by atoms with Crippen LogP contribution in [0.3, 0.4) is 0 Å². The predicted octanol–water partition coefficient (Wildman–Crippen LogP) is 3.74. The Balaban J connectivity index is 2.16. The molecule has 1 amide bonds. The van der Waals surface area contributed by atoms with E-state index in [1.807, 2.05) is 19.9 Å². The van der Waals surface area contributed by atoms with Gasteiger partial charge in [0.25, 0.3) is 5.91 Å². The van der Waals surface area contributed by atoms with Crippen LogP contribution in [0.2, 0.25) is 5.02 Å². The molecule has 3 aromatic rings. The van der Waals surface area contributed by atoms with Crippen molar-refractivity contribution in [2.75, 3.05) is 13.1 Å². The number of aromatic amines is 1. The summed E-state index contributed by atoms with van der Waals surface area (Å²) in [6, 6.07) is 9.99. The van der Waals surface area contributed by atoms with Crippen molar-refractivity contribution in [3.05, 3.63) is 58.2 Å². The molecule has 154 valence electrons. The van der Waals surface area contributed by atoms with Gasteiger partial charge in [0.15, 0.2) is 0 Å². The molecule has 6 nitrogen and oxygen atoms in total. The largest absolute Gasteiger partial charge is 0.351 e. The Hall–Kier alpha value is -2.35. The minimum atomic E-state index is -3.97. The number of halogens is 1. The van der Waals surface area contributed by atoms with Crippen LogP contribution in [0.15, 0.2) is 46.2 Å². The van der Waals surface area contributed by atoms with E-state index in [0.717, 1.165) is 17.5 Å². The molecule has 0 aliphatic rings. The molecular formula is C21H24ClN3O3S. The summed E-state index contributed by atoms with van der Waals surface area (Å²) in [7, 11) is -3.97. The first-order chi connectivity index (χ1) is 13.7. The molecule has 29 heavy (non-hydrogen) atoms. The Morgan fingerprint density at radius 2 is 1.79 bits per heavy atom. The Kier molecular flexibility index (Phi) is 6.31. The second-order valence-electron chi connectivity index (χ2n) is 7.10. The number of sulfone groups is 1. The molecule has 0 saturated heterocycles. The zero-order valence-electron chi connectivity index (χ0n) is 16.4. The van der Waals surface area contributed by atoms with Crippen LogP contribution >= 0.6 is 11.6 Å². The minimum absolute atomic E-state index is 0.00849. The van der Waals surface area contributed by atoms with Gasteiger partial charge in [0, 0.05) is 22.5 Å². The van der Waals surface area contributed by atoms with E-state index in [9.17, 15) is 13.2 Å². The average Bonchev–Trinajstić information content (AvgIpc) is 3.03. The molecule has 0 bridgehead atoms. The summed E-state index contributed by atoms with van der Waals surface area (Å²) in [5.41, 5.74) is 7.68. The number of carbonyl (C=O) groups is 1. The molecule has 0 aliphatic heterocycles. The lowest BCUT2D eigenvalue weighted by Crippen LogP contribution is -2.26. The van der Waals surface area contributed by atoms with Gasteiger partial charge in [0.1, 0.15) is 10.6 Å². The van der Waals surface area contributed by atoms with Gasteiger partial charge in [-0.05, 0) is 74.7 Å². The van der Waals surface area contributed by atoms with Gasteiger partial charge in [-0.15, -0.1) is 0 Å². The summed E-state index contributed by atoms with van der Waals surface area (Å²) >= 11 is 6.12. The lowest BCUT2D eigenvalue weighted by Gasteiger charge is -2.10. The van der Waals surface area contributed by atoms with Crippen molar-refractivity contribution < 1.29 is 13.2 Å². The highest BCUT2D eigenvalue weighted by Gasteiger charge is 2.30. The Bertz CT molecular complexity index is 1150. The van der Waals surface area contributed by atoms with Crippen LogP contribution in [-0.4, -0.2) is 32.4 Å². The molecule has 0 aliphatic carbocycles. The van der Waals surface area contributed by atoms with E-state index in [1.165, 1.54) is 0 Å². The normalized spacial score (nSPS) is 11.7. The standard InChI is InChI=1S/C21H24ClN3O3S/c1-13-9-14(2)11-16(10-13)29(27,28)20-17-12-15(22)5-6-18(17)25-19(20)21(26)24-8-4-3-7-23/h5-6,9-12,25H,3-4,7-8,23H2,1-2H3,(H,24,26). The molecule has 1 heterocycles. The Labute approximate surface area is 175 Å². The monoisotopic (exact) mass is 433 g/mol. The van der Waals surface area contributed by atoms with E-state index >= 15 is 0 Å². The van der Waals surface area contributed by atoms with Gasteiger partial charge in [-0.2, -0.15) is 0 Å². The first-order valence-electron chi connectivity index (χ1n) is 9.37. The number of rotatable bonds is 7. The van der Waals surface area contributed by atoms with Gasteiger partial charge < -0.3 is 16.0 Å². The predicted molar refractivity (Wildman–Crippen MR) is 115 cm³/mol. The maximum Gasteiger partial charge on any atom is 0.269 e. The highest BCUT2D eigenvalue weighted by Crippen LogP contribution is 2.34. The lowest BCUT2D eigenvalue weighted by atomic mass is 10.2. The van der Waals surface area contributed by atoms with Gasteiger partial charge in [0.2, 0.25) is 9.84 Å².